The average molecular weight is 270 g/mol. The maximum Gasteiger partial charge on any atom is 0.0762 e. The Bertz CT molecular complexity index is 409. The van der Waals surface area contributed by atoms with Gasteiger partial charge in [-0.3, -0.25) is 0 Å². The van der Waals surface area contributed by atoms with Gasteiger partial charge in [-0.05, 0) is 31.0 Å². The van der Waals surface area contributed by atoms with Gasteiger partial charge in [0.25, 0.3) is 0 Å². The first-order valence-electron chi connectivity index (χ1n) is 6.33. The van der Waals surface area contributed by atoms with Crippen LogP contribution in [0, 0.1) is 5.92 Å². The van der Waals surface area contributed by atoms with Gasteiger partial charge >= 0.3 is 0 Å². The predicted molar refractivity (Wildman–Crippen MR) is 74.3 cm³/mol. The Morgan fingerprint density at radius 3 is 2.94 bits per heavy atom. The van der Waals surface area contributed by atoms with Gasteiger partial charge in [-0.1, -0.05) is 17.7 Å². The standard InChI is InChI=1S/C14H20ClNO2/c1-10(17)12-3-4-14(13(15)7-12)16-6-5-11(8-16)9-18-2/h3-4,7,10-11,17H,5-6,8-9H2,1-2H3/t10-,11?/m0/s1. The number of aliphatic hydroxyl groups excluding tert-OH is 1. The fourth-order valence-electron chi connectivity index (χ4n) is 2.46. The lowest BCUT2D eigenvalue weighted by molar-refractivity contribution is 0.161. The van der Waals surface area contributed by atoms with E-state index >= 15 is 0 Å². The maximum atomic E-state index is 9.53. The third-order valence-corrected chi connectivity index (χ3v) is 3.79. The summed E-state index contributed by atoms with van der Waals surface area (Å²) in [5.74, 6) is 0.586. The quantitative estimate of drug-likeness (QED) is 0.912. The van der Waals surface area contributed by atoms with Crippen LogP contribution in [0.25, 0.3) is 0 Å². The second-order valence-electron chi connectivity index (χ2n) is 4.94. The summed E-state index contributed by atoms with van der Waals surface area (Å²) in [5, 5.41) is 10.2. The van der Waals surface area contributed by atoms with E-state index in [0.29, 0.717) is 10.9 Å². The molecule has 2 atom stereocenters. The highest BCUT2D eigenvalue weighted by molar-refractivity contribution is 6.33. The number of anilines is 1. The topological polar surface area (TPSA) is 32.7 Å². The number of methoxy groups -OCH3 is 1. The third-order valence-electron chi connectivity index (χ3n) is 3.48. The van der Waals surface area contributed by atoms with Gasteiger partial charge in [0.2, 0.25) is 0 Å². The molecule has 1 unspecified atom stereocenters. The fraction of sp³-hybridized carbons (Fsp3) is 0.571. The number of aliphatic hydroxyl groups is 1. The summed E-state index contributed by atoms with van der Waals surface area (Å²) in [4.78, 5) is 2.29. The zero-order valence-corrected chi connectivity index (χ0v) is 11.7. The first-order chi connectivity index (χ1) is 8.61. The second-order valence-corrected chi connectivity index (χ2v) is 5.35. The molecule has 1 aromatic carbocycles. The van der Waals surface area contributed by atoms with Crippen molar-refractivity contribution in [2.24, 2.45) is 5.92 Å². The summed E-state index contributed by atoms with van der Waals surface area (Å²) in [7, 11) is 1.74. The molecule has 1 aliphatic rings. The normalized spacial score (nSPS) is 21.3. The van der Waals surface area contributed by atoms with Gasteiger partial charge in [-0.25, -0.2) is 0 Å². The predicted octanol–water partition coefficient (Wildman–Crippen LogP) is 2.87. The molecule has 18 heavy (non-hydrogen) atoms. The minimum Gasteiger partial charge on any atom is -0.389 e. The van der Waals surface area contributed by atoms with Gasteiger partial charge < -0.3 is 14.7 Å². The Morgan fingerprint density at radius 2 is 2.33 bits per heavy atom. The molecular formula is C14H20ClNO2. The molecule has 1 aromatic rings. The zero-order valence-electron chi connectivity index (χ0n) is 10.9. The second kappa shape index (κ2) is 5.91. The molecule has 1 saturated heterocycles. The Labute approximate surface area is 113 Å². The smallest absolute Gasteiger partial charge is 0.0762 e. The molecule has 3 nitrogen and oxygen atoms in total. The van der Waals surface area contributed by atoms with Crippen LogP contribution in [0.4, 0.5) is 5.69 Å². The van der Waals surface area contributed by atoms with Gasteiger partial charge in [0.05, 0.1) is 23.4 Å². The highest BCUT2D eigenvalue weighted by Gasteiger charge is 2.24. The molecule has 0 radical (unpaired) electrons. The lowest BCUT2D eigenvalue weighted by Gasteiger charge is -2.21. The van der Waals surface area contributed by atoms with E-state index in [0.717, 1.165) is 37.4 Å². The number of nitrogens with zero attached hydrogens (tertiary/aromatic N) is 1. The summed E-state index contributed by atoms with van der Waals surface area (Å²) < 4.78 is 5.20. The van der Waals surface area contributed by atoms with Crippen molar-refractivity contribution in [3.8, 4) is 0 Å². The molecule has 0 aromatic heterocycles. The molecule has 0 spiro atoms. The summed E-state index contributed by atoms with van der Waals surface area (Å²) in [5.41, 5.74) is 1.91. The fourth-order valence-corrected chi connectivity index (χ4v) is 2.77. The molecule has 1 heterocycles. The van der Waals surface area contributed by atoms with Crippen LogP contribution in [0.2, 0.25) is 5.02 Å². The van der Waals surface area contributed by atoms with Crippen LogP contribution >= 0.6 is 11.6 Å². The van der Waals surface area contributed by atoms with Crippen molar-refractivity contribution in [2.45, 2.75) is 19.4 Å². The number of hydrogen-bond acceptors (Lipinski definition) is 3. The van der Waals surface area contributed by atoms with E-state index in [4.69, 9.17) is 16.3 Å². The molecule has 2 rings (SSSR count). The molecule has 0 aliphatic carbocycles. The minimum atomic E-state index is -0.476. The Hall–Kier alpha value is -0.770. The van der Waals surface area contributed by atoms with Gasteiger partial charge in [-0.15, -0.1) is 0 Å². The zero-order chi connectivity index (χ0) is 13.1. The number of ether oxygens (including phenoxy) is 1. The van der Waals surface area contributed by atoms with Crippen LogP contribution in [0.1, 0.15) is 25.0 Å². The molecular weight excluding hydrogens is 250 g/mol. The average Bonchev–Trinajstić information content (AvgIpc) is 2.77. The van der Waals surface area contributed by atoms with Crippen molar-refractivity contribution in [3.05, 3.63) is 28.8 Å². The number of hydrogen-bond donors (Lipinski definition) is 1. The van der Waals surface area contributed by atoms with E-state index in [1.54, 1.807) is 14.0 Å². The van der Waals surface area contributed by atoms with E-state index < -0.39 is 6.10 Å². The molecule has 1 fully saturated rings. The summed E-state index contributed by atoms with van der Waals surface area (Å²) in [6.45, 7) is 4.55. The van der Waals surface area contributed by atoms with Crippen LogP contribution in [0.5, 0.6) is 0 Å². The van der Waals surface area contributed by atoms with Crippen molar-refractivity contribution in [1.82, 2.24) is 0 Å². The summed E-state index contributed by atoms with van der Waals surface area (Å²) in [6.07, 6.45) is 0.666. The van der Waals surface area contributed by atoms with E-state index in [9.17, 15) is 5.11 Å². The van der Waals surface area contributed by atoms with Gasteiger partial charge in [-0.2, -0.15) is 0 Å². The monoisotopic (exact) mass is 269 g/mol. The van der Waals surface area contributed by atoms with Crippen molar-refractivity contribution in [3.63, 3.8) is 0 Å². The largest absolute Gasteiger partial charge is 0.389 e. The highest BCUT2D eigenvalue weighted by Crippen LogP contribution is 2.32. The van der Waals surface area contributed by atoms with Crippen LogP contribution in [-0.4, -0.2) is 31.9 Å². The molecule has 0 saturated carbocycles. The van der Waals surface area contributed by atoms with Crippen molar-refractivity contribution < 1.29 is 9.84 Å². The Kier molecular flexibility index (Phi) is 4.49. The third kappa shape index (κ3) is 2.97. The number of halogens is 1. The number of rotatable bonds is 4. The Morgan fingerprint density at radius 1 is 1.56 bits per heavy atom. The van der Waals surface area contributed by atoms with Crippen molar-refractivity contribution in [2.75, 3.05) is 31.7 Å². The number of benzene rings is 1. The molecule has 1 aliphatic heterocycles. The van der Waals surface area contributed by atoms with Gasteiger partial charge in [0.1, 0.15) is 0 Å². The lowest BCUT2D eigenvalue weighted by Crippen LogP contribution is -2.21. The molecule has 100 valence electrons. The SMILES string of the molecule is COCC1CCN(c2ccc([C@H](C)O)cc2Cl)C1. The van der Waals surface area contributed by atoms with Crippen LogP contribution in [0.3, 0.4) is 0 Å². The van der Waals surface area contributed by atoms with Gasteiger partial charge in [0.15, 0.2) is 0 Å². The molecule has 1 N–H and O–H groups in total. The summed E-state index contributed by atoms with van der Waals surface area (Å²) >= 11 is 6.29. The van der Waals surface area contributed by atoms with Gasteiger partial charge in [0, 0.05) is 26.1 Å². The summed E-state index contributed by atoms with van der Waals surface area (Å²) in [6, 6.07) is 5.79. The van der Waals surface area contributed by atoms with Crippen LogP contribution in [0.15, 0.2) is 18.2 Å². The van der Waals surface area contributed by atoms with Crippen LogP contribution < -0.4 is 4.90 Å². The van der Waals surface area contributed by atoms with Crippen molar-refractivity contribution >= 4 is 17.3 Å². The lowest BCUT2D eigenvalue weighted by atomic mass is 10.1. The van der Waals surface area contributed by atoms with E-state index in [1.807, 2.05) is 18.2 Å². The first kappa shape index (κ1) is 13.7. The Balaban J connectivity index is 2.10. The molecule has 4 heteroatoms. The van der Waals surface area contributed by atoms with Crippen molar-refractivity contribution in [1.29, 1.82) is 0 Å². The molecule has 0 bridgehead atoms. The van der Waals surface area contributed by atoms with E-state index in [1.165, 1.54) is 0 Å². The van der Waals surface area contributed by atoms with Crippen LogP contribution in [-0.2, 0) is 4.74 Å². The van der Waals surface area contributed by atoms with E-state index in [-0.39, 0.29) is 0 Å². The first-order valence-corrected chi connectivity index (χ1v) is 6.71. The molecule has 0 amide bonds. The minimum absolute atomic E-state index is 0.476. The highest BCUT2D eigenvalue weighted by atomic mass is 35.5. The van der Waals surface area contributed by atoms with E-state index in [2.05, 4.69) is 4.90 Å². The maximum absolute atomic E-state index is 9.53.